The molecule has 0 spiro atoms. The lowest BCUT2D eigenvalue weighted by molar-refractivity contribution is 0.369. The first kappa shape index (κ1) is 20.0. The number of fused-ring (bicyclic) bond motifs is 1. The van der Waals surface area contributed by atoms with Crippen LogP contribution in [0.1, 0.15) is 38.7 Å². The summed E-state index contributed by atoms with van der Waals surface area (Å²) in [5, 5.41) is 6.19. The number of rotatable bonds is 2. The second-order valence-corrected chi connectivity index (χ2v) is 12.9. The molecular formula is C24H29N4PS. The second kappa shape index (κ2) is 7.33. The summed E-state index contributed by atoms with van der Waals surface area (Å²) < 4.78 is 4.74. The maximum atomic E-state index is 6.67. The average Bonchev–Trinajstić information content (AvgIpc) is 3.21. The van der Waals surface area contributed by atoms with E-state index in [2.05, 4.69) is 96.1 Å². The number of hydrazone groups is 1. The van der Waals surface area contributed by atoms with Gasteiger partial charge in [-0.1, -0.05) is 68.5 Å². The van der Waals surface area contributed by atoms with Crippen LogP contribution in [-0.4, -0.2) is 31.0 Å². The molecule has 30 heavy (non-hydrogen) atoms. The van der Waals surface area contributed by atoms with Gasteiger partial charge in [-0.25, -0.2) is 4.78 Å². The Bertz CT molecular complexity index is 1070. The van der Waals surface area contributed by atoms with Crippen LogP contribution < -0.4 is 9.68 Å². The fraction of sp³-hybridized carbons (Fsp3) is 0.375. The van der Waals surface area contributed by atoms with Gasteiger partial charge in [0.15, 0.2) is 6.34 Å². The summed E-state index contributed by atoms with van der Waals surface area (Å²) in [5.74, 6) is 0. The Morgan fingerprint density at radius 3 is 2.30 bits per heavy atom. The van der Waals surface area contributed by atoms with Crippen LogP contribution in [0.3, 0.4) is 0 Å². The van der Waals surface area contributed by atoms with Gasteiger partial charge in [-0.3, -0.25) is 4.67 Å². The molecule has 2 aromatic rings. The predicted octanol–water partition coefficient (Wildman–Crippen LogP) is 5.93. The SMILES string of the molecule is CN1/C(=C2/C=NN(c3ccccc3)[P@@]2(=S)N2CCCCC2)C(C)(C)c2ccccc21. The molecule has 0 bridgehead atoms. The smallest absolute Gasteiger partial charge is 0.154 e. The summed E-state index contributed by atoms with van der Waals surface area (Å²) in [4.78, 5) is 2.36. The number of hydrogen-bond acceptors (Lipinski definition) is 3. The molecule has 1 saturated heterocycles. The number of piperidine rings is 1. The largest absolute Gasteiger partial charge is 0.346 e. The van der Waals surface area contributed by atoms with E-state index >= 15 is 0 Å². The molecule has 0 unspecified atom stereocenters. The van der Waals surface area contributed by atoms with Crippen LogP contribution in [0, 0.1) is 0 Å². The van der Waals surface area contributed by atoms with Crippen molar-refractivity contribution in [3.8, 4) is 0 Å². The molecule has 1 fully saturated rings. The Kier molecular flexibility index (Phi) is 4.89. The van der Waals surface area contributed by atoms with Crippen LogP contribution in [0.4, 0.5) is 11.4 Å². The number of likely N-dealkylation sites (N-methyl/N-ethyl adjacent to an activating group) is 1. The molecule has 156 valence electrons. The number of benzene rings is 2. The van der Waals surface area contributed by atoms with Crippen molar-refractivity contribution in [2.45, 2.75) is 38.5 Å². The number of para-hydroxylation sites is 2. The maximum absolute atomic E-state index is 6.67. The normalized spacial score (nSPS) is 28.2. The fourth-order valence-electron chi connectivity index (χ4n) is 5.21. The van der Waals surface area contributed by atoms with E-state index in [0.717, 1.165) is 18.8 Å². The van der Waals surface area contributed by atoms with Crippen molar-refractivity contribution in [2.75, 3.05) is 29.8 Å². The van der Waals surface area contributed by atoms with Crippen molar-refractivity contribution in [3.05, 3.63) is 71.2 Å². The fourth-order valence-corrected chi connectivity index (χ4v) is 9.63. The standard InChI is InChI=1S/C24H29N4PS/c1-24(2)20-14-8-9-15-21(20)26(3)23(24)22-18-25-28(19-12-6-4-7-13-19)29(22,30)27-16-10-5-11-17-27/h4,6-9,12-15,18H,5,10-11,16-17H2,1-3H3/b23-22-/t29-/m0/s1. The van der Waals surface area contributed by atoms with Crippen molar-refractivity contribution < 1.29 is 0 Å². The molecule has 0 N–H and O–H groups in total. The summed E-state index contributed by atoms with van der Waals surface area (Å²) in [6, 6.07) is 19.2. The van der Waals surface area contributed by atoms with E-state index in [1.54, 1.807) is 0 Å². The zero-order valence-electron chi connectivity index (χ0n) is 18.0. The van der Waals surface area contributed by atoms with Gasteiger partial charge in [-0.15, -0.1) is 0 Å². The minimum atomic E-state index is -2.27. The van der Waals surface area contributed by atoms with Crippen LogP contribution >= 0.6 is 6.34 Å². The molecule has 2 aromatic carbocycles. The van der Waals surface area contributed by atoms with E-state index in [4.69, 9.17) is 16.9 Å². The molecule has 0 aliphatic carbocycles. The lowest BCUT2D eigenvalue weighted by Gasteiger charge is -2.42. The predicted molar refractivity (Wildman–Crippen MR) is 132 cm³/mol. The number of allylic oxidation sites excluding steroid dienone is 2. The van der Waals surface area contributed by atoms with Crippen molar-refractivity contribution >= 4 is 35.7 Å². The summed E-state index contributed by atoms with van der Waals surface area (Å²) >= 11 is 6.67. The van der Waals surface area contributed by atoms with Crippen molar-refractivity contribution in [3.63, 3.8) is 0 Å². The third-order valence-corrected chi connectivity index (χ3v) is 11.4. The molecule has 0 saturated carbocycles. The highest BCUT2D eigenvalue weighted by Gasteiger charge is 2.48. The lowest BCUT2D eigenvalue weighted by Crippen LogP contribution is -2.34. The second-order valence-electron chi connectivity index (χ2n) is 8.86. The first-order chi connectivity index (χ1) is 14.5. The Morgan fingerprint density at radius 1 is 0.933 bits per heavy atom. The van der Waals surface area contributed by atoms with E-state index < -0.39 is 6.34 Å². The third kappa shape index (κ3) is 2.83. The topological polar surface area (TPSA) is 22.1 Å². The molecule has 1 atom stereocenters. The van der Waals surface area contributed by atoms with Gasteiger partial charge in [0.1, 0.15) is 0 Å². The minimum Gasteiger partial charge on any atom is -0.346 e. The van der Waals surface area contributed by atoms with Gasteiger partial charge >= 0.3 is 0 Å². The first-order valence-corrected chi connectivity index (χ1v) is 13.5. The van der Waals surface area contributed by atoms with Gasteiger partial charge in [0.25, 0.3) is 0 Å². The molecule has 5 rings (SSSR count). The minimum absolute atomic E-state index is 0.112. The summed E-state index contributed by atoms with van der Waals surface area (Å²) in [6.45, 7) is 6.76. The summed E-state index contributed by atoms with van der Waals surface area (Å²) in [7, 11) is 2.19. The molecule has 3 aliphatic heterocycles. The Balaban J connectivity index is 1.72. The average molecular weight is 437 g/mol. The highest BCUT2D eigenvalue weighted by atomic mass is 32.4. The molecular weight excluding hydrogens is 407 g/mol. The quantitative estimate of drug-likeness (QED) is 0.544. The Hall–Kier alpha value is -1.94. The van der Waals surface area contributed by atoms with Crippen molar-refractivity contribution in [1.29, 1.82) is 0 Å². The van der Waals surface area contributed by atoms with E-state index in [0.29, 0.717) is 0 Å². The van der Waals surface area contributed by atoms with Crippen LogP contribution in [0.5, 0.6) is 0 Å². The number of anilines is 2. The van der Waals surface area contributed by atoms with Crippen molar-refractivity contribution in [2.24, 2.45) is 5.10 Å². The van der Waals surface area contributed by atoms with E-state index in [1.165, 1.54) is 41.5 Å². The van der Waals surface area contributed by atoms with Crippen LogP contribution in [-0.2, 0) is 17.2 Å². The van der Waals surface area contributed by atoms with E-state index in [-0.39, 0.29) is 5.41 Å². The highest BCUT2D eigenvalue weighted by Crippen LogP contribution is 2.67. The molecule has 0 aromatic heterocycles. The lowest BCUT2D eigenvalue weighted by atomic mass is 9.84. The van der Waals surface area contributed by atoms with Crippen molar-refractivity contribution in [1.82, 2.24) is 4.67 Å². The maximum Gasteiger partial charge on any atom is 0.154 e. The first-order valence-electron chi connectivity index (χ1n) is 10.8. The molecule has 0 amide bonds. The van der Waals surface area contributed by atoms with Gasteiger partial charge in [-0.05, 0) is 36.6 Å². The van der Waals surface area contributed by atoms with Gasteiger partial charge in [0.2, 0.25) is 0 Å². The van der Waals surface area contributed by atoms with Crippen LogP contribution in [0.25, 0.3) is 0 Å². The molecule has 6 heteroatoms. The third-order valence-electron chi connectivity index (χ3n) is 6.67. The van der Waals surface area contributed by atoms with Gasteiger partial charge in [0.05, 0.1) is 17.2 Å². The number of nitrogens with zero attached hydrogens (tertiary/aromatic N) is 4. The Labute approximate surface area is 185 Å². The van der Waals surface area contributed by atoms with E-state index in [1.807, 2.05) is 0 Å². The number of hydrogen-bond donors (Lipinski definition) is 0. The molecule has 3 aliphatic rings. The molecule has 4 nitrogen and oxygen atoms in total. The van der Waals surface area contributed by atoms with Gasteiger partial charge < -0.3 is 4.90 Å². The monoisotopic (exact) mass is 436 g/mol. The summed E-state index contributed by atoms with van der Waals surface area (Å²) in [6.07, 6.45) is 3.52. The van der Waals surface area contributed by atoms with Gasteiger partial charge in [-0.2, -0.15) is 5.10 Å². The zero-order chi connectivity index (χ0) is 20.9. The summed E-state index contributed by atoms with van der Waals surface area (Å²) in [5.41, 5.74) is 4.92. The Morgan fingerprint density at radius 2 is 1.60 bits per heavy atom. The van der Waals surface area contributed by atoms with Crippen LogP contribution in [0.15, 0.2) is 70.7 Å². The zero-order valence-corrected chi connectivity index (χ0v) is 19.7. The van der Waals surface area contributed by atoms with Crippen LogP contribution in [0.2, 0.25) is 0 Å². The molecule has 0 radical (unpaired) electrons. The van der Waals surface area contributed by atoms with E-state index in [9.17, 15) is 0 Å². The molecule has 3 heterocycles. The highest BCUT2D eigenvalue weighted by molar-refractivity contribution is 8.16. The van der Waals surface area contributed by atoms with Gasteiger partial charge in [0, 0.05) is 36.9 Å².